The van der Waals surface area contributed by atoms with Gasteiger partial charge in [0.2, 0.25) is 0 Å². The smallest absolute Gasteiger partial charge is 0.385 e. The first-order chi connectivity index (χ1) is 8.23. The summed E-state index contributed by atoms with van der Waals surface area (Å²) in [6, 6.07) is 0. The van der Waals surface area contributed by atoms with Crippen molar-refractivity contribution in [2.75, 3.05) is 0 Å². The average molecular weight is 300 g/mol. The van der Waals surface area contributed by atoms with Gasteiger partial charge in [0.1, 0.15) is 0 Å². The van der Waals surface area contributed by atoms with Crippen molar-refractivity contribution in [1.82, 2.24) is 0 Å². The standard InChI is InChI=1S/C8H11.C5H5.CF3.Co/c1-2-4-6-8-7-5-3-1;1-2-4-5-3-1;2-1(3)4;/h1-3H,4,6-8H2;1-3H,4H2;;/q3*-1;+3/b2-1-;;;. The Hall–Kier alpha value is -0.744. The summed E-state index contributed by atoms with van der Waals surface area (Å²) in [6.07, 6.45) is 24.5. The molecule has 4 heteroatoms. The first kappa shape index (κ1) is 19.6. The summed E-state index contributed by atoms with van der Waals surface area (Å²) in [7, 11) is 0. The molecule has 0 aromatic rings. The molecule has 0 radical (unpaired) electrons. The molecule has 2 aliphatic rings. The van der Waals surface area contributed by atoms with Gasteiger partial charge in [-0.1, -0.05) is 19.3 Å². The van der Waals surface area contributed by atoms with E-state index in [1.54, 1.807) is 0 Å². The second-order valence-electron chi connectivity index (χ2n) is 3.26. The number of hydrogen-bond acceptors (Lipinski definition) is 0. The molecular formula is C14H16CoF3. The van der Waals surface area contributed by atoms with Gasteiger partial charge in [-0.3, -0.25) is 12.2 Å². The van der Waals surface area contributed by atoms with E-state index in [9.17, 15) is 13.2 Å². The minimum atomic E-state index is -3.08. The van der Waals surface area contributed by atoms with Crippen molar-refractivity contribution in [2.24, 2.45) is 0 Å². The van der Waals surface area contributed by atoms with Crippen molar-refractivity contribution in [3.8, 4) is 0 Å². The Bertz CT molecular complexity index is 241. The van der Waals surface area contributed by atoms with Gasteiger partial charge < -0.3 is 13.2 Å². The number of hydrogen-bond donors (Lipinski definition) is 0. The summed E-state index contributed by atoms with van der Waals surface area (Å²) >= 11 is 0. The third kappa shape index (κ3) is 20.6. The van der Waals surface area contributed by atoms with Crippen LogP contribution in [0.15, 0.2) is 36.5 Å². The maximum Gasteiger partial charge on any atom is 3.00 e. The fourth-order valence-corrected chi connectivity index (χ4v) is 1.15. The molecule has 102 valence electrons. The zero-order valence-electron chi connectivity index (χ0n) is 9.97. The molecule has 0 saturated heterocycles. The summed E-state index contributed by atoms with van der Waals surface area (Å²) < 4.78 is 28.8. The number of rotatable bonds is 0. The summed E-state index contributed by atoms with van der Waals surface area (Å²) in [5.41, 5.74) is 0. The molecule has 0 saturated carbocycles. The van der Waals surface area contributed by atoms with Gasteiger partial charge in [-0.2, -0.15) is 12.2 Å². The molecular weight excluding hydrogens is 284 g/mol. The van der Waals surface area contributed by atoms with Crippen molar-refractivity contribution in [2.45, 2.75) is 32.1 Å². The van der Waals surface area contributed by atoms with E-state index in [1.165, 1.54) is 19.3 Å². The second kappa shape index (κ2) is 16.3. The van der Waals surface area contributed by atoms with E-state index in [-0.39, 0.29) is 16.8 Å². The van der Waals surface area contributed by atoms with E-state index in [2.05, 4.69) is 30.4 Å². The molecule has 0 atom stereocenters. The van der Waals surface area contributed by atoms with Crippen LogP contribution in [0.25, 0.3) is 0 Å². The average Bonchev–Trinajstić information content (AvgIpc) is 2.72. The summed E-state index contributed by atoms with van der Waals surface area (Å²) in [6.45, 7) is -3.08. The van der Waals surface area contributed by atoms with Crippen LogP contribution >= 0.6 is 0 Å². The minimum Gasteiger partial charge on any atom is -0.385 e. The molecule has 0 bridgehead atoms. The molecule has 0 aliphatic heterocycles. The largest absolute Gasteiger partial charge is 3.00 e. The molecule has 0 unspecified atom stereocenters. The molecule has 0 fully saturated rings. The Labute approximate surface area is 118 Å². The zero-order chi connectivity index (χ0) is 12.8. The van der Waals surface area contributed by atoms with Crippen LogP contribution in [0.4, 0.5) is 13.2 Å². The van der Waals surface area contributed by atoms with E-state index in [4.69, 9.17) is 0 Å². The molecule has 0 aromatic heterocycles. The molecule has 18 heavy (non-hydrogen) atoms. The molecule has 0 spiro atoms. The van der Waals surface area contributed by atoms with Crippen LogP contribution in [0.5, 0.6) is 0 Å². The zero-order valence-corrected chi connectivity index (χ0v) is 11.0. The van der Waals surface area contributed by atoms with Crippen molar-refractivity contribution in [3.63, 3.8) is 0 Å². The van der Waals surface area contributed by atoms with Crippen LogP contribution in [-0.2, 0) is 16.8 Å². The molecule has 2 aliphatic carbocycles. The summed E-state index contributed by atoms with van der Waals surface area (Å²) in [4.78, 5) is 0. The molecule has 2 rings (SSSR count). The van der Waals surface area contributed by atoms with E-state index in [1.807, 2.05) is 18.2 Å². The van der Waals surface area contributed by atoms with Gasteiger partial charge in [0, 0.05) is 0 Å². The van der Waals surface area contributed by atoms with Gasteiger partial charge in [0.25, 0.3) is 0 Å². The normalized spacial score (nSPS) is 17.6. The van der Waals surface area contributed by atoms with E-state index in [0.717, 1.165) is 12.8 Å². The Morgan fingerprint density at radius 3 is 2.00 bits per heavy atom. The predicted octanol–water partition coefficient (Wildman–Crippen LogP) is 5.12. The van der Waals surface area contributed by atoms with E-state index in [0.29, 0.717) is 0 Å². The molecule has 0 N–H and O–H groups in total. The van der Waals surface area contributed by atoms with Gasteiger partial charge >= 0.3 is 16.8 Å². The fourth-order valence-electron chi connectivity index (χ4n) is 1.15. The van der Waals surface area contributed by atoms with Crippen LogP contribution in [0.1, 0.15) is 32.1 Å². The van der Waals surface area contributed by atoms with Gasteiger partial charge in [-0.15, -0.1) is 12.8 Å². The topological polar surface area (TPSA) is 0 Å². The van der Waals surface area contributed by atoms with Gasteiger partial charge in [-0.25, -0.2) is 24.3 Å². The summed E-state index contributed by atoms with van der Waals surface area (Å²) in [5.74, 6) is 0. The van der Waals surface area contributed by atoms with E-state index < -0.39 is 6.68 Å². The van der Waals surface area contributed by atoms with Gasteiger partial charge in [0.05, 0.1) is 0 Å². The van der Waals surface area contributed by atoms with Crippen molar-refractivity contribution < 1.29 is 30.0 Å². The molecule has 0 amide bonds. The van der Waals surface area contributed by atoms with Crippen molar-refractivity contribution >= 4 is 0 Å². The minimum absolute atomic E-state index is 0. The van der Waals surface area contributed by atoms with Crippen LogP contribution in [0.2, 0.25) is 0 Å². The first-order valence-electron chi connectivity index (χ1n) is 5.50. The summed E-state index contributed by atoms with van der Waals surface area (Å²) in [5, 5.41) is 0. The third-order valence-electron chi connectivity index (χ3n) is 1.88. The SMILES string of the molecule is F[C-](F)F.[C-]1=C/C=C\CCCC1.[C-]1=CC=CC1.[Co+3]. The Kier molecular flexibility index (Phi) is 17.7. The van der Waals surface area contributed by atoms with Crippen LogP contribution in [0.3, 0.4) is 0 Å². The molecule has 0 aromatic carbocycles. The Morgan fingerprint density at radius 1 is 0.889 bits per heavy atom. The predicted molar refractivity (Wildman–Crippen MR) is 63.6 cm³/mol. The van der Waals surface area contributed by atoms with Crippen molar-refractivity contribution in [1.29, 1.82) is 0 Å². The maximum absolute atomic E-state index is 9.58. The van der Waals surface area contributed by atoms with Gasteiger partial charge in [-0.05, 0) is 0 Å². The monoisotopic (exact) mass is 300 g/mol. The third-order valence-corrected chi connectivity index (χ3v) is 1.88. The van der Waals surface area contributed by atoms with E-state index >= 15 is 0 Å². The fraction of sp³-hybridized carbons (Fsp3) is 0.357. The van der Waals surface area contributed by atoms with Gasteiger partial charge in [0.15, 0.2) is 6.68 Å². The van der Waals surface area contributed by atoms with Crippen LogP contribution in [0, 0.1) is 18.8 Å². The molecule has 0 heterocycles. The van der Waals surface area contributed by atoms with Crippen LogP contribution in [-0.4, -0.2) is 0 Å². The Morgan fingerprint density at radius 2 is 1.50 bits per heavy atom. The Balaban J connectivity index is 0. The molecule has 0 nitrogen and oxygen atoms in total. The number of halogens is 3. The number of allylic oxidation sites excluding steroid dienone is 8. The van der Waals surface area contributed by atoms with Crippen LogP contribution < -0.4 is 0 Å². The first-order valence-corrected chi connectivity index (χ1v) is 5.50. The second-order valence-corrected chi connectivity index (χ2v) is 3.26. The van der Waals surface area contributed by atoms with Crippen molar-refractivity contribution in [3.05, 3.63) is 55.3 Å². The quantitative estimate of drug-likeness (QED) is 0.545. The maximum atomic E-state index is 9.58.